The summed E-state index contributed by atoms with van der Waals surface area (Å²) in [5.74, 6) is 0.183. The molecule has 0 aliphatic carbocycles. The molecule has 1 amide bonds. The Morgan fingerprint density at radius 2 is 2.11 bits per heavy atom. The number of hydrogen-bond acceptors (Lipinski definition) is 2. The van der Waals surface area contributed by atoms with Gasteiger partial charge in [-0.3, -0.25) is 4.79 Å². The maximum Gasteiger partial charge on any atom is 0.253 e. The van der Waals surface area contributed by atoms with Gasteiger partial charge in [-0.25, -0.2) is 0 Å². The highest BCUT2D eigenvalue weighted by atomic mass is 79.9. The van der Waals surface area contributed by atoms with Gasteiger partial charge in [-0.15, -0.1) is 0 Å². The van der Waals surface area contributed by atoms with Gasteiger partial charge in [-0.1, -0.05) is 15.9 Å². The zero-order valence-corrected chi connectivity index (χ0v) is 11.9. The molecule has 0 bridgehead atoms. The van der Waals surface area contributed by atoms with Crippen molar-refractivity contribution in [1.29, 1.82) is 5.26 Å². The molecule has 0 atom stereocenters. The minimum atomic E-state index is 0.0713. The van der Waals surface area contributed by atoms with E-state index in [0.717, 1.165) is 28.4 Å². The average molecular weight is 307 g/mol. The first-order valence-corrected chi connectivity index (χ1v) is 6.86. The molecule has 1 aliphatic heterocycles. The second kappa shape index (κ2) is 5.53. The Kier molecular flexibility index (Phi) is 4.03. The minimum Gasteiger partial charge on any atom is -0.339 e. The molecule has 1 heterocycles. The molecule has 18 heavy (non-hydrogen) atoms. The number of likely N-dealkylation sites (tertiary alicyclic amines) is 1. The Morgan fingerprint density at radius 3 is 2.67 bits per heavy atom. The quantitative estimate of drug-likeness (QED) is 0.800. The number of aryl methyl sites for hydroxylation is 1. The molecular formula is C14H15BrN2O. The normalized spacial score (nSPS) is 16.4. The molecule has 0 spiro atoms. The molecule has 0 N–H and O–H groups in total. The number of rotatable bonds is 1. The number of piperidine rings is 1. The van der Waals surface area contributed by atoms with Gasteiger partial charge < -0.3 is 4.90 Å². The average Bonchev–Trinajstić information content (AvgIpc) is 2.41. The lowest BCUT2D eigenvalue weighted by Gasteiger charge is -2.29. The molecule has 0 unspecified atom stereocenters. The zero-order chi connectivity index (χ0) is 13.1. The first kappa shape index (κ1) is 13.1. The number of carbonyl (C=O) groups is 1. The molecule has 4 heteroatoms. The molecule has 1 aromatic rings. The smallest absolute Gasteiger partial charge is 0.253 e. The van der Waals surface area contributed by atoms with Crippen LogP contribution in [0.1, 0.15) is 28.8 Å². The monoisotopic (exact) mass is 306 g/mol. The topological polar surface area (TPSA) is 44.1 Å². The summed E-state index contributed by atoms with van der Waals surface area (Å²) >= 11 is 3.43. The second-order valence-corrected chi connectivity index (χ2v) is 5.51. The summed E-state index contributed by atoms with van der Waals surface area (Å²) < 4.78 is 1.02. The van der Waals surface area contributed by atoms with Gasteiger partial charge in [-0.2, -0.15) is 5.26 Å². The predicted molar refractivity (Wildman–Crippen MR) is 73.1 cm³/mol. The molecule has 1 aliphatic rings. The van der Waals surface area contributed by atoms with E-state index in [9.17, 15) is 4.79 Å². The fourth-order valence-electron chi connectivity index (χ4n) is 2.17. The summed E-state index contributed by atoms with van der Waals surface area (Å²) in [6.45, 7) is 3.35. The van der Waals surface area contributed by atoms with Crippen LogP contribution in [0.15, 0.2) is 22.7 Å². The van der Waals surface area contributed by atoms with E-state index in [1.54, 1.807) is 0 Å². The summed E-state index contributed by atoms with van der Waals surface area (Å²) in [6.07, 6.45) is 1.58. The van der Waals surface area contributed by atoms with Crippen molar-refractivity contribution in [1.82, 2.24) is 4.90 Å². The van der Waals surface area contributed by atoms with Crippen LogP contribution >= 0.6 is 15.9 Å². The van der Waals surface area contributed by atoms with E-state index in [0.29, 0.717) is 13.1 Å². The number of nitrogens with zero attached hydrogens (tertiary/aromatic N) is 2. The highest BCUT2D eigenvalue weighted by Crippen LogP contribution is 2.21. The van der Waals surface area contributed by atoms with Crippen LogP contribution in [0.25, 0.3) is 0 Å². The summed E-state index contributed by atoms with van der Waals surface area (Å²) in [4.78, 5) is 14.1. The zero-order valence-electron chi connectivity index (χ0n) is 10.3. The molecule has 0 saturated carbocycles. The van der Waals surface area contributed by atoms with Crippen molar-refractivity contribution in [2.24, 2.45) is 5.92 Å². The molecule has 94 valence electrons. The van der Waals surface area contributed by atoms with E-state index >= 15 is 0 Å². The Hall–Kier alpha value is -1.34. The molecule has 3 nitrogen and oxygen atoms in total. The highest BCUT2D eigenvalue weighted by molar-refractivity contribution is 9.10. The number of nitriles is 1. The van der Waals surface area contributed by atoms with Crippen LogP contribution < -0.4 is 0 Å². The maximum absolute atomic E-state index is 12.3. The van der Waals surface area contributed by atoms with E-state index < -0.39 is 0 Å². The first-order valence-electron chi connectivity index (χ1n) is 6.07. The number of benzene rings is 1. The van der Waals surface area contributed by atoms with Crippen molar-refractivity contribution in [2.75, 3.05) is 13.1 Å². The van der Waals surface area contributed by atoms with Crippen LogP contribution in [0.4, 0.5) is 0 Å². The number of carbonyl (C=O) groups excluding carboxylic acids is 1. The third kappa shape index (κ3) is 2.73. The lowest BCUT2D eigenvalue weighted by Crippen LogP contribution is -2.38. The summed E-state index contributed by atoms with van der Waals surface area (Å²) in [5, 5.41) is 8.84. The van der Waals surface area contributed by atoms with Crippen LogP contribution in [-0.2, 0) is 0 Å². The van der Waals surface area contributed by atoms with E-state index in [-0.39, 0.29) is 11.8 Å². The Balaban J connectivity index is 2.08. The molecule has 0 radical (unpaired) electrons. The fraction of sp³-hybridized carbons (Fsp3) is 0.429. The van der Waals surface area contributed by atoms with Crippen LogP contribution in [0.3, 0.4) is 0 Å². The lowest BCUT2D eigenvalue weighted by molar-refractivity contribution is 0.0707. The predicted octanol–water partition coefficient (Wildman–Crippen LogP) is 3.13. The first-order chi connectivity index (χ1) is 8.61. The largest absolute Gasteiger partial charge is 0.339 e. The molecule has 0 aromatic heterocycles. The number of hydrogen-bond donors (Lipinski definition) is 0. The van der Waals surface area contributed by atoms with E-state index in [2.05, 4.69) is 22.0 Å². The molecular weight excluding hydrogens is 292 g/mol. The third-order valence-electron chi connectivity index (χ3n) is 3.37. The second-order valence-electron chi connectivity index (χ2n) is 4.66. The van der Waals surface area contributed by atoms with Gasteiger partial charge in [0.15, 0.2) is 0 Å². The Labute approximate surface area is 116 Å². The maximum atomic E-state index is 12.3. The van der Waals surface area contributed by atoms with Crippen LogP contribution in [0.5, 0.6) is 0 Å². The van der Waals surface area contributed by atoms with Crippen molar-refractivity contribution >= 4 is 21.8 Å². The van der Waals surface area contributed by atoms with Gasteiger partial charge >= 0.3 is 0 Å². The summed E-state index contributed by atoms with van der Waals surface area (Å²) in [7, 11) is 0. The molecule has 1 fully saturated rings. The van der Waals surface area contributed by atoms with Crippen molar-refractivity contribution < 1.29 is 4.79 Å². The Morgan fingerprint density at radius 1 is 1.44 bits per heavy atom. The summed E-state index contributed by atoms with van der Waals surface area (Å²) in [5.41, 5.74) is 1.79. The van der Waals surface area contributed by atoms with E-state index in [1.807, 2.05) is 30.0 Å². The van der Waals surface area contributed by atoms with Crippen molar-refractivity contribution in [3.05, 3.63) is 33.8 Å². The van der Waals surface area contributed by atoms with Gasteiger partial charge in [0, 0.05) is 29.0 Å². The van der Waals surface area contributed by atoms with Gasteiger partial charge in [0.1, 0.15) is 0 Å². The third-order valence-corrected chi connectivity index (χ3v) is 4.26. The SMILES string of the molecule is Cc1cc(C(=O)N2CCC(C#N)CC2)ccc1Br. The van der Waals surface area contributed by atoms with E-state index in [4.69, 9.17) is 5.26 Å². The molecule has 1 aromatic carbocycles. The van der Waals surface area contributed by atoms with Gasteiger partial charge in [0.2, 0.25) is 0 Å². The van der Waals surface area contributed by atoms with Gasteiger partial charge in [0.05, 0.1) is 6.07 Å². The van der Waals surface area contributed by atoms with Crippen LogP contribution in [0.2, 0.25) is 0 Å². The van der Waals surface area contributed by atoms with Gasteiger partial charge in [-0.05, 0) is 43.5 Å². The lowest BCUT2D eigenvalue weighted by atomic mass is 9.98. The standard InChI is InChI=1S/C14H15BrN2O/c1-10-8-12(2-3-13(10)15)14(18)17-6-4-11(9-16)5-7-17/h2-3,8,11H,4-7H2,1H3. The van der Waals surface area contributed by atoms with Crippen LogP contribution in [-0.4, -0.2) is 23.9 Å². The fourth-order valence-corrected chi connectivity index (χ4v) is 2.42. The Bertz CT molecular complexity index is 499. The van der Waals surface area contributed by atoms with Crippen molar-refractivity contribution in [3.8, 4) is 6.07 Å². The molecule has 2 rings (SSSR count). The number of halogens is 1. The minimum absolute atomic E-state index is 0.0713. The highest BCUT2D eigenvalue weighted by Gasteiger charge is 2.23. The summed E-state index contributed by atoms with van der Waals surface area (Å²) in [6, 6.07) is 7.93. The van der Waals surface area contributed by atoms with Crippen molar-refractivity contribution in [3.63, 3.8) is 0 Å². The van der Waals surface area contributed by atoms with Gasteiger partial charge in [0.25, 0.3) is 5.91 Å². The van der Waals surface area contributed by atoms with Crippen LogP contribution in [0, 0.1) is 24.2 Å². The van der Waals surface area contributed by atoms with Crippen molar-refractivity contribution in [2.45, 2.75) is 19.8 Å². The number of amides is 1. The van der Waals surface area contributed by atoms with E-state index in [1.165, 1.54) is 0 Å². The molecule has 1 saturated heterocycles.